The molecule has 5 N–H and O–H groups in total. The van der Waals surface area contributed by atoms with E-state index in [-0.39, 0.29) is 0 Å². The van der Waals surface area contributed by atoms with Crippen molar-refractivity contribution >= 4 is 0 Å². The van der Waals surface area contributed by atoms with E-state index in [1.54, 1.807) is 0 Å². The van der Waals surface area contributed by atoms with Crippen LogP contribution in [0.1, 0.15) is 13.8 Å². The van der Waals surface area contributed by atoms with Crippen molar-refractivity contribution in [1.29, 1.82) is 0 Å². The molecule has 1 rings (SSSR count). The minimum absolute atomic E-state index is 0.526. The predicted molar refractivity (Wildman–Crippen MR) is 58.2 cm³/mol. The standard InChI is InChI=1S/C6H12O6.C4H10O/c7-1-2-3(8)4(9)5(10)6(11)12-2;1-3-5-4-2/h2-11H,1H2;3-4H2,1-2H3/t2-,3-,4+,5-,6?;/m1./s1. The summed E-state index contributed by atoms with van der Waals surface area (Å²) in [5, 5.41) is 44.7. The van der Waals surface area contributed by atoms with Gasteiger partial charge in [-0.25, -0.2) is 0 Å². The maximum atomic E-state index is 9.12. The van der Waals surface area contributed by atoms with E-state index in [1.807, 2.05) is 13.8 Å². The molecule has 1 saturated heterocycles. The second-order valence-corrected chi connectivity index (χ2v) is 3.50. The zero-order valence-electron chi connectivity index (χ0n) is 10.1. The fourth-order valence-corrected chi connectivity index (χ4v) is 1.29. The molecule has 1 aliphatic rings. The summed E-state index contributed by atoms with van der Waals surface area (Å²) in [4.78, 5) is 0. The molecule has 7 heteroatoms. The van der Waals surface area contributed by atoms with Crippen LogP contribution in [0.25, 0.3) is 0 Å². The van der Waals surface area contributed by atoms with Crippen LogP contribution in [0, 0.1) is 0 Å². The van der Waals surface area contributed by atoms with E-state index in [9.17, 15) is 0 Å². The van der Waals surface area contributed by atoms with E-state index in [4.69, 9.17) is 30.3 Å². The van der Waals surface area contributed by atoms with Crippen LogP contribution < -0.4 is 0 Å². The van der Waals surface area contributed by atoms with Crippen LogP contribution in [0.5, 0.6) is 0 Å². The first-order valence-electron chi connectivity index (χ1n) is 5.55. The lowest BCUT2D eigenvalue weighted by Gasteiger charge is -2.37. The van der Waals surface area contributed by atoms with Crippen molar-refractivity contribution in [3.05, 3.63) is 0 Å². The highest BCUT2D eigenvalue weighted by Crippen LogP contribution is 2.18. The molecule has 0 aromatic carbocycles. The highest BCUT2D eigenvalue weighted by molar-refractivity contribution is 4.87. The average molecular weight is 254 g/mol. The molecule has 0 spiro atoms. The van der Waals surface area contributed by atoms with Gasteiger partial charge >= 0.3 is 0 Å². The van der Waals surface area contributed by atoms with Crippen LogP contribution in [-0.4, -0.2) is 76.1 Å². The Kier molecular flexibility index (Phi) is 8.61. The third-order valence-corrected chi connectivity index (χ3v) is 2.28. The second kappa shape index (κ2) is 8.76. The second-order valence-electron chi connectivity index (χ2n) is 3.50. The summed E-state index contributed by atoms with van der Waals surface area (Å²) in [6.45, 7) is 5.14. The van der Waals surface area contributed by atoms with Gasteiger partial charge in [-0.05, 0) is 13.8 Å². The number of rotatable bonds is 3. The van der Waals surface area contributed by atoms with Crippen molar-refractivity contribution in [1.82, 2.24) is 0 Å². The Bertz CT molecular complexity index is 183. The zero-order chi connectivity index (χ0) is 13.4. The summed E-state index contributed by atoms with van der Waals surface area (Å²) in [5.74, 6) is 0. The molecule has 0 saturated carbocycles. The van der Waals surface area contributed by atoms with Crippen LogP contribution in [0.4, 0.5) is 0 Å². The molecule has 1 aliphatic heterocycles. The van der Waals surface area contributed by atoms with E-state index in [1.165, 1.54) is 0 Å². The number of aliphatic hydroxyl groups is 5. The van der Waals surface area contributed by atoms with Gasteiger partial charge in [0.05, 0.1) is 6.61 Å². The Hall–Kier alpha value is -0.280. The lowest BCUT2D eigenvalue weighted by atomic mass is 10.00. The van der Waals surface area contributed by atoms with E-state index in [2.05, 4.69) is 4.74 Å². The molecule has 104 valence electrons. The molecule has 1 unspecified atom stereocenters. The number of aliphatic hydroxyl groups excluding tert-OH is 5. The molecule has 0 aliphatic carbocycles. The van der Waals surface area contributed by atoms with Crippen molar-refractivity contribution in [2.75, 3.05) is 19.8 Å². The SMILES string of the molecule is CCOCC.OC[C@H]1OC(O)[C@H](O)[C@@H](O)[C@@H]1O. The van der Waals surface area contributed by atoms with Crippen molar-refractivity contribution in [3.63, 3.8) is 0 Å². The van der Waals surface area contributed by atoms with Gasteiger partial charge in [-0.2, -0.15) is 0 Å². The van der Waals surface area contributed by atoms with Gasteiger partial charge in [0.2, 0.25) is 0 Å². The number of hydrogen-bond acceptors (Lipinski definition) is 7. The Morgan fingerprint density at radius 2 is 1.47 bits per heavy atom. The fourth-order valence-electron chi connectivity index (χ4n) is 1.29. The summed E-state index contributed by atoms with van der Waals surface area (Å²) in [7, 11) is 0. The van der Waals surface area contributed by atoms with E-state index < -0.39 is 37.3 Å². The van der Waals surface area contributed by atoms with E-state index >= 15 is 0 Å². The van der Waals surface area contributed by atoms with Gasteiger partial charge in [0.1, 0.15) is 24.4 Å². The van der Waals surface area contributed by atoms with Crippen LogP contribution >= 0.6 is 0 Å². The Balaban J connectivity index is 0.000000437. The Morgan fingerprint density at radius 1 is 0.941 bits per heavy atom. The first-order chi connectivity index (χ1) is 7.99. The van der Waals surface area contributed by atoms with Gasteiger partial charge in [0, 0.05) is 13.2 Å². The number of ether oxygens (including phenoxy) is 2. The molecule has 1 fully saturated rings. The highest BCUT2D eigenvalue weighted by Gasteiger charge is 2.42. The number of hydrogen-bond donors (Lipinski definition) is 5. The zero-order valence-corrected chi connectivity index (χ0v) is 10.1. The predicted octanol–water partition coefficient (Wildman–Crippen LogP) is -2.18. The van der Waals surface area contributed by atoms with Gasteiger partial charge in [0.25, 0.3) is 0 Å². The molecule has 0 bridgehead atoms. The molecule has 1 heterocycles. The topological polar surface area (TPSA) is 120 Å². The molecule has 0 aromatic rings. The molecule has 0 amide bonds. The summed E-state index contributed by atoms with van der Waals surface area (Å²) < 4.78 is 9.41. The smallest absolute Gasteiger partial charge is 0.184 e. The molecule has 7 nitrogen and oxygen atoms in total. The van der Waals surface area contributed by atoms with Gasteiger partial charge < -0.3 is 35.0 Å². The summed E-state index contributed by atoms with van der Waals surface area (Å²) in [5.41, 5.74) is 0. The third kappa shape index (κ3) is 5.26. The quantitative estimate of drug-likeness (QED) is 0.388. The molecular formula is C10H22O7. The molecular weight excluding hydrogens is 232 g/mol. The van der Waals surface area contributed by atoms with Crippen molar-refractivity contribution in [2.45, 2.75) is 44.6 Å². The highest BCUT2D eigenvalue weighted by atomic mass is 16.6. The van der Waals surface area contributed by atoms with Gasteiger partial charge in [0.15, 0.2) is 6.29 Å². The first kappa shape index (κ1) is 16.7. The normalized spacial score (nSPS) is 37.2. The molecule has 0 radical (unpaired) electrons. The summed E-state index contributed by atoms with van der Waals surface area (Å²) in [6, 6.07) is 0. The van der Waals surface area contributed by atoms with Gasteiger partial charge in [-0.3, -0.25) is 0 Å². The Morgan fingerprint density at radius 3 is 1.82 bits per heavy atom. The van der Waals surface area contributed by atoms with Crippen molar-refractivity contribution in [3.8, 4) is 0 Å². The summed E-state index contributed by atoms with van der Waals surface area (Å²) >= 11 is 0. The Labute approximate surface area is 100 Å². The van der Waals surface area contributed by atoms with Crippen LogP contribution in [0.2, 0.25) is 0 Å². The average Bonchev–Trinajstić information content (AvgIpc) is 2.33. The maximum Gasteiger partial charge on any atom is 0.184 e. The minimum Gasteiger partial charge on any atom is -0.394 e. The summed E-state index contributed by atoms with van der Waals surface area (Å²) in [6.07, 6.45) is -7.04. The molecule has 5 atom stereocenters. The van der Waals surface area contributed by atoms with Crippen LogP contribution in [-0.2, 0) is 9.47 Å². The van der Waals surface area contributed by atoms with Crippen LogP contribution in [0.3, 0.4) is 0 Å². The fraction of sp³-hybridized carbons (Fsp3) is 1.00. The molecule has 17 heavy (non-hydrogen) atoms. The third-order valence-electron chi connectivity index (χ3n) is 2.28. The minimum atomic E-state index is -1.57. The van der Waals surface area contributed by atoms with Crippen LogP contribution in [0.15, 0.2) is 0 Å². The molecule has 0 aromatic heterocycles. The lowest BCUT2D eigenvalue weighted by molar-refractivity contribution is -0.286. The van der Waals surface area contributed by atoms with Crippen molar-refractivity contribution < 1.29 is 35.0 Å². The largest absolute Gasteiger partial charge is 0.394 e. The van der Waals surface area contributed by atoms with Crippen molar-refractivity contribution in [2.24, 2.45) is 0 Å². The lowest BCUT2D eigenvalue weighted by Crippen LogP contribution is -2.58. The van der Waals surface area contributed by atoms with E-state index in [0.29, 0.717) is 0 Å². The van der Waals surface area contributed by atoms with Gasteiger partial charge in [-0.1, -0.05) is 0 Å². The van der Waals surface area contributed by atoms with E-state index in [0.717, 1.165) is 13.2 Å². The monoisotopic (exact) mass is 254 g/mol. The van der Waals surface area contributed by atoms with Gasteiger partial charge in [-0.15, -0.1) is 0 Å². The maximum absolute atomic E-state index is 9.12. The first-order valence-corrected chi connectivity index (χ1v) is 5.55.